The SMILES string of the molecule is C=O.C=O.C=O.CC1=CCC=CC1.[Ru]. The Labute approximate surface area is 98.0 Å². The van der Waals surface area contributed by atoms with Gasteiger partial charge in [-0.15, -0.1) is 0 Å². The van der Waals surface area contributed by atoms with Crippen molar-refractivity contribution in [2.75, 3.05) is 0 Å². The van der Waals surface area contributed by atoms with Crippen LogP contribution >= 0.6 is 0 Å². The Morgan fingerprint density at radius 3 is 1.57 bits per heavy atom. The van der Waals surface area contributed by atoms with Crippen LogP contribution < -0.4 is 0 Å². The van der Waals surface area contributed by atoms with Crippen LogP contribution in [0.15, 0.2) is 23.8 Å². The van der Waals surface area contributed by atoms with Gasteiger partial charge in [0, 0.05) is 19.5 Å². The minimum atomic E-state index is 0. The molecule has 1 rings (SSSR count). The quantitative estimate of drug-likeness (QED) is 0.503. The van der Waals surface area contributed by atoms with E-state index in [-0.39, 0.29) is 19.5 Å². The van der Waals surface area contributed by atoms with Gasteiger partial charge in [0.15, 0.2) is 0 Å². The van der Waals surface area contributed by atoms with E-state index in [9.17, 15) is 0 Å². The molecule has 0 atom stereocenters. The van der Waals surface area contributed by atoms with Crippen molar-refractivity contribution in [3.05, 3.63) is 23.8 Å². The molecule has 0 spiro atoms. The average molecular weight is 285 g/mol. The minimum Gasteiger partial charge on any atom is -0.307 e. The summed E-state index contributed by atoms with van der Waals surface area (Å²) in [6, 6.07) is 0. The maximum atomic E-state index is 8.00. The van der Waals surface area contributed by atoms with E-state index in [0.717, 1.165) is 6.42 Å². The molecule has 0 N–H and O–H groups in total. The first kappa shape index (κ1) is 23.2. The summed E-state index contributed by atoms with van der Waals surface area (Å²) in [4.78, 5) is 24.0. The zero-order valence-electron chi connectivity index (χ0n) is 8.35. The third-order valence-electron chi connectivity index (χ3n) is 1.21. The van der Waals surface area contributed by atoms with Gasteiger partial charge in [-0.1, -0.05) is 23.8 Å². The van der Waals surface area contributed by atoms with Crippen molar-refractivity contribution in [2.24, 2.45) is 0 Å². The van der Waals surface area contributed by atoms with Crippen molar-refractivity contribution in [1.82, 2.24) is 0 Å². The van der Waals surface area contributed by atoms with Crippen LogP contribution in [0.3, 0.4) is 0 Å². The molecule has 0 unspecified atom stereocenters. The molecule has 0 heterocycles. The van der Waals surface area contributed by atoms with Crippen molar-refractivity contribution in [3.63, 3.8) is 0 Å². The number of hydrogen-bond acceptors (Lipinski definition) is 3. The number of carbonyl (C=O) groups excluding carboxylic acids is 3. The summed E-state index contributed by atoms with van der Waals surface area (Å²) in [5.74, 6) is 0. The van der Waals surface area contributed by atoms with Gasteiger partial charge in [0.1, 0.15) is 20.4 Å². The topological polar surface area (TPSA) is 51.2 Å². The molecule has 4 heteroatoms. The van der Waals surface area contributed by atoms with Crippen LogP contribution in [-0.2, 0) is 33.9 Å². The first-order valence-electron chi connectivity index (χ1n) is 3.57. The third kappa shape index (κ3) is 22.5. The van der Waals surface area contributed by atoms with E-state index < -0.39 is 0 Å². The summed E-state index contributed by atoms with van der Waals surface area (Å²) < 4.78 is 0. The van der Waals surface area contributed by atoms with E-state index in [4.69, 9.17) is 14.4 Å². The van der Waals surface area contributed by atoms with Gasteiger partial charge in [-0.3, -0.25) is 0 Å². The van der Waals surface area contributed by atoms with Gasteiger partial charge in [-0.25, -0.2) is 0 Å². The minimum absolute atomic E-state index is 0. The average Bonchev–Trinajstić information content (AvgIpc) is 2.28. The van der Waals surface area contributed by atoms with Crippen LogP contribution in [0.5, 0.6) is 0 Å². The van der Waals surface area contributed by atoms with Crippen LogP contribution in [0.2, 0.25) is 0 Å². The first-order valence-corrected chi connectivity index (χ1v) is 3.57. The van der Waals surface area contributed by atoms with E-state index in [1.54, 1.807) is 0 Å². The fourth-order valence-corrected chi connectivity index (χ4v) is 0.718. The van der Waals surface area contributed by atoms with E-state index in [2.05, 4.69) is 25.2 Å². The molecule has 0 bridgehead atoms. The van der Waals surface area contributed by atoms with E-state index in [0.29, 0.717) is 0 Å². The second kappa shape index (κ2) is 29.6. The Hall–Kier alpha value is -0.887. The van der Waals surface area contributed by atoms with Crippen LogP contribution in [0.1, 0.15) is 19.8 Å². The predicted octanol–water partition coefficient (Wildman–Crippen LogP) is 1.73. The number of rotatable bonds is 0. The summed E-state index contributed by atoms with van der Waals surface area (Å²) in [6.45, 7) is 8.17. The number of allylic oxidation sites excluding steroid dienone is 4. The van der Waals surface area contributed by atoms with Gasteiger partial charge >= 0.3 is 0 Å². The Balaban J connectivity index is -0.0000000625. The molecule has 0 aromatic heterocycles. The number of carbonyl (C=O) groups is 3. The summed E-state index contributed by atoms with van der Waals surface area (Å²) >= 11 is 0. The molecule has 1 aliphatic carbocycles. The molecule has 1 aliphatic rings. The first-order chi connectivity index (χ1) is 6.39. The molecule has 0 aromatic carbocycles. The normalized spacial score (nSPS) is 10.5. The molecule has 0 radical (unpaired) electrons. The zero-order valence-corrected chi connectivity index (χ0v) is 10.1. The van der Waals surface area contributed by atoms with Crippen LogP contribution in [0.4, 0.5) is 0 Å². The largest absolute Gasteiger partial charge is 0.307 e. The van der Waals surface area contributed by atoms with E-state index in [1.165, 1.54) is 12.0 Å². The molecule has 0 aromatic rings. The number of hydrogen-bond donors (Lipinski definition) is 0. The van der Waals surface area contributed by atoms with Gasteiger partial charge in [0.05, 0.1) is 0 Å². The molecule has 0 saturated carbocycles. The summed E-state index contributed by atoms with van der Waals surface area (Å²) in [5, 5.41) is 0. The molecule has 0 amide bonds. The van der Waals surface area contributed by atoms with Crippen LogP contribution in [0, 0.1) is 0 Å². The van der Waals surface area contributed by atoms with Crippen molar-refractivity contribution in [3.8, 4) is 0 Å². The van der Waals surface area contributed by atoms with Crippen molar-refractivity contribution < 1.29 is 33.9 Å². The van der Waals surface area contributed by atoms with Crippen molar-refractivity contribution >= 4 is 20.4 Å². The Bertz CT molecular complexity index is 151. The van der Waals surface area contributed by atoms with Gasteiger partial charge in [0.2, 0.25) is 0 Å². The van der Waals surface area contributed by atoms with Gasteiger partial charge < -0.3 is 14.4 Å². The third-order valence-corrected chi connectivity index (χ3v) is 1.21. The molecule has 0 saturated heterocycles. The summed E-state index contributed by atoms with van der Waals surface area (Å²) in [5.41, 5.74) is 1.50. The standard InChI is InChI=1S/C7H10.3CH2O.Ru/c1-7-5-3-2-4-6-7;3*1-2;/h2-3,6H,4-5H2,1H3;3*1H2;. The fraction of sp³-hybridized carbons (Fsp3) is 0.300. The van der Waals surface area contributed by atoms with Gasteiger partial charge in [0.25, 0.3) is 0 Å². The smallest absolute Gasteiger partial charge is 0.106 e. The second-order valence-electron chi connectivity index (χ2n) is 1.96. The molecule has 3 nitrogen and oxygen atoms in total. The summed E-state index contributed by atoms with van der Waals surface area (Å²) in [6.07, 6.45) is 8.99. The van der Waals surface area contributed by atoms with Crippen LogP contribution in [-0.4, -0.2) is 20.4 Å². The Morgan fingerprint density at radius 1 is 1.00 bits per heavy atom. The Morgan fingerprint density at radius 2 is 1.43 bits per heavy atom. The maximum absolute atomic E-state index is 8.00. The molecule has 82 valence electrons. The molecular formula is C10H16O3Ru. The van der Waals surface area contributed by atoms with Crippen molar-refractivity contribution in [2.45, 2.75) is 19.8 Å². The van der Waals surface area contributed by atoms with E-state index >= 15 is 0 Å². The van der Waals surface area contributed by atoms with Gasteiger partial charge in [-0.2, -0.15) is 0 Å². The monoisotopic (exact) mass is 286 g/mol. The zero-order chi connectivity index (χ0) is 11.1. The predicted molar refractivity (Wildman–Crippen MR) is 53.5 cm³/mol. The van der Waals surface area contributed by atoms with Crippen molar-refractivity contribution in [1.29, 1.82) is 0 Å². The molecule has 0 fully saturated rings. The Kier molecular flexibility index (Phi) is 48.9. The second-order valence-corrected chi connectivity index (χ2v) is 1.96. The maximum Gasteiger partial charge on any atom is 0.106 e. The van der Waals surface area contributed by atoms with Crippen LogP contribution in [0.25, 0.3) is 0 Å². The fourth-order valence-electron chi connectivity index (χ4n) is 0.718. The molecular weight excluding hydrogens is 269 g/mol. The van der Waals surface area contributed by atoms with Gasteiger partial charge in [-0.05, 0) is 19.8 Å². The molecule has 14 heavy (non-hydrogen) atoms. The summed E-state index contributed by atoms with van der Waals surface area (Å²) in [7, 11) is 0. The van der Waals surface area contributed by atoms with E-state index in [1.807, 2.05) is 20.4 Å². The molecule has 0 aliphatic heterocycles.